The molecule has 0 aliphatic heterocycles. The molecule has 0 aliphatic carbocycles. The fraction of sp³-hybridized carbons (Fsp3) is 0.308. The summed E-state index contributed by atoms with van der Waals surface area (Å²) in [4.78, 5) is 30.7. The maximum absolute atomic E-state index is 12.4. The van der Waals surface area contributed by atoms with Gasteiger partial charge in [0.1, 0.15) is 21.6 Å². The molecule has 24 heavy (non-hydrogen) atoms. The van der Waals surface area contributed by atoms with Gasteiger partial charge in [-0.25, -0.2) is 28.7 Å². The summed E-state index contributed by atoms with van der Waals surface area (Å²) in [5.41, 5.74) is 6.59. The van der Waals surface area contributed by atoms with E-state index in [1.165, 1.54) is 10.9 Å². The van der Waals surface area contributed by atoms with Gasteiger partial charge < -0.3 is 10.7 Å². The topological polar surface area (TPSA) is 156 Å². The molecule has 1 atom stereocenters. The third-order valence-corrected chi connectivity index (χ3v) is 5.13. The van der Waals surface area contributed by atoms with Crippen LogP contribution in [0.5, 0.6) is 0 Å². The van der Waals surface area contributed by atoms with Crippen LogP contribution in [0.4, 0.5) is 5.82 Å². The van der Waals surface area contributed by atoms with Crippen LogP contribution in [0.1, 0.15) is 18.9 Å². The Morgan fingerprint density at radius 2 is 2.04 bits per heavy atom. The summed E-state index contributed by atoms with van der Waals surface area (Å²) in [5, 5.41) is -0.161. The van der Waals surface area contributed by atoms with Crippen molar-refractivity contribution in [1.29, 1.82) is 4.78 Å². The highest BCUT2D eigenvalue weighted by Crippen LogP contribution is 2.18. The SMILES string of the molecule is CCCS(=N)(=O)c1nc(N)c2[nH]c(=O)n(Cc3cncnc3)c2n1. The van der Waals surface area contributed by atoms with Crippen molar-refractivity contribution in [2.45, 2.75) is 25.0 Å². The zero-order chi connectivity index (χ0) is 17.3. The molecular formula is C13H16N8O2S. The largest absolute Gasteiger partial charge is 0.382 e. The van der Waals surface area contributed by atoms with Gasteiger partial charge in [-0.2, -0.15) is 4.98 Å². The number of nitrogens with one attached hydrogen (secondary N) is 2. The van der Waals surface area contributed by atoms with E-state index < -0.39 is 15.4 Å². The summed E-state index contributed by atoms with van der Waals surface area (Å²) in [7, 11) is -3.16. The number of H-pyrrole nitrogens is 1. The quantitative estimate of drug-likeness (QED) is 0.562. The monoisotopic (exact) mass is 348 g/mol. The first-order valence-electron chi connectivity index (χ1n) is 7.19. The highest BCUT2D eigenvalue weighted by molar-refractivity contribution is 7.92. The van der Waals surface area contributed by atoms with Gasteiger partial charge in [-0.15, -0.1) is 0 Å². The molecule has 1 unspecified atom stereocenters. The maximum Gasteiger partial charge on any atom is 0.328 e. The van der Waals surface area contributed by atoms with E-state index in [1.807, 2.05) is 6.92 Å². The molecular weight excluding hydrogens is 332 g/mol. The number of hydrogen-bond acceptors (Lipinski definition) is 8. The number of aromatic amines is 1. The molecule has 3 heterocycles. The molecule has 3 rings (SSSR count). The predicted octanol–water partition coefficient (Wildman–Crippen LogP) is 0.356. The van der Waals surface area contributed by atoms with Gasteiger partial charge in [-0.05, 0) is 6.42 Å². The lowest BCUT2D eigenvalue weighted by Gasteiger charge is -2.07. The number of imidazole rings is 1. The molecule has 0 saturated carbocycles. The number of hydrogen-bond donors (Lipinski definition) is 3. The summed E-state index contributed by atoms with van der Waals surface area (Å²) in [5.74, 6) is 0.116. The molecule has 10 nitrogen and oxygen atoms in total. The van der Waals surface area contributed by atoms with Gasteiger partial charge in [0.25, 0.3) is 0 Å². The molecule has 0 bridgehead atoms. The molecule has 126 valence electrons. The van der Waals surface area contributed by atoms with E-state index in [4.69, 9.17) is 10.5 Å². The first-order chi connectivity index (χ1) is 11.4. The van der Waals surface area contributed by atoms with Gasteiger partial charge >= 0.3 is 5.69 Å². The minimum atomic E-state index is -3.16. The van der Waals surface area contributed by atoms with Crippen LogP contribution >= 0.6 is 0 Å². The minimum absolute atomic E-state index is 0.00811. The maximum atomic E-state index is 12.4. The molecule has 0 saturated heterocycles. The standard InChI is InChI=1S/C13H16N8O2S/c1-2-3-24(15,23)12-19-10(14)9-11(20-12)21(13(22)18-9)6-8-4-16-7-17-5-8/h4-5,7,15H,2-3,6H2,1H3,(H,18,22)(H2,14,19,20). The third kappa shape index (κ3) is 2.85. The van der Waals surface area contributed by atoms with E-state index in [1.54, 1.807) is 12.4 Å². The molecule has 3 aromatic rings. The van der Waals surface area contributed by atoms with Crippen molar-refractivity contribution in [2.75, 3.05) is 11.5 Å². The zero-order valence-corrected chi connectivity index (χ0v) is 13.7. The van der Waals surface area contributed by atoms with E-state index in [0.717, 1.165) is 0 Å². The van der Waals surface area contributed by atoms with Crippen molar-refractivity contribution in [2.24, 2.45) is 0 Å². The molecule has 0 radical (unpaired) electrons. The Kier molecular flexibility index (Phi) is 4.01. The van der Waals surface area contributed by atoms with Crippen LogP contribution < -0.4 is 11.4 Å². The molecule has 0 fully saturated rings. The van der Waals surface area contributed by atoms with Gasteiger partial charge in [0.2, 0.25) is 5.16 Å². The average molecular weight is 348 g/mol. The van der Waals surface area contributed by atoms with Gasteiger partial charge in [0.05, 0.1) is 6.54 Å². The molecule has 4 N–H and O–H groups in total. The van der Waals surface area contributed by atoms with Crippen molar-refractivity contribution in [3.63, 3.8) is 0 Å². The molecule has 0 aromatic carbocycles. The Labute approximate surface area is 137 Å². The van der Waals surface area contributed by atoms with Gasteiger partial charge in [-0.1, -0.05) is 6.92 Å². The van der Waals surface area contributed by atoms with Crippen LogP contribution in [-0.2, 0) is 16.3 Å². The Bertz CT molecular complexity index is 1040. The highest BCUT2D eigenvalue weighted by Gasteiger charge is 2.19. The lowest BCUT2D eigenvalue weighted by molar-refractivity contribution is 0.665. The molecule has 0 amide bonds. The number of nitrogen functional groups attached to an aromatic ring is 1. The summed E-state index contributed by atoms with van der Waals surface area (Å²) in [6.45, 7) is 1.99. The van der Waals surface area contributed by atoms with E-state index in [-0.39, 0.29) is 34.4 Å². The van der Waals surface area contributed by atoms with Crippen molar-refractivity contribution < 1.29 is 4.21 Å². The van der Waals surface area contributed by atoms with Crippen molar-refractivity contribution in [3.05, 3.63) is 34.8 Å². The van der Waals surface area contributed by atoms with Crippen LogP contribution in [0.3, 0.4) is 0 Å². The second kappa shape index (κ2) is 6.00. The van der Waals surface area contributed by atoms with Crippen LogP contribution in [0.15, 0.2) is 28.7 Å². The number of nitrogens with zero attached hydrogens (tertiary/aromatic N) is 5. The summed E-state index contributed by atoms with van der Waals surface area (Å²) < 4.78 is 21.7. The Morgan fingerprint density at radius 3 is 2.71 bits per heavy atom. The molecule has 11 heteroatoms. The normalized spacial score (nSPS) is 13.9. The van der Waals surface area contributed by atoms with Crippen LogP contribution in [0.25, 0.3) is 11.2 Å². The van der Waals surface area contributed by atoms with E-state index in [0.29, 0.717) is 12.0 Å². The van der Waals surface area contributed by atoms with Crippen molar-refractivity contribution in [1.82, 2.24) is 29.5 Å². The molecule has 0 spiro atoms. The molecule has 3 aromatic heterocycles. The number of nitrogens with two attached hydrogens (primary N) is 1. The summed E-state index contributed by atoms with van der Waals surface area (Å²) in [6, 6.07) is 0. The van der Waals surface area contributed by atoms with Crippen LogP contribution in [0.2, 0.25) is 0 Å². The van der Waals surface area contributed by atoms with Crippen molar-refractivity contribution in [3.8, 4) is 0 Å². The number of rotatable bonds is 5. The van der Waals surface area contributed by atoms with E-state index in [9.17, 15) is 9.00 Å². The summed E-state index contributed by atoms with van der Waals surface area (Å²) >= 11 is 0. The summed E-state index contributed by atoms with van der Waals surface area (Å²) in [6.07, 6.45) is 5.09. The van der Waals surface area contributed by atoms with Crippen LogP contribution in [0, 0.1) is 4.78 Å². The fourth-order valence-electron chi connectivity index (χ4n) is 2.30. The zero-order valence-electron chi connectivity index (χ0n) is 12.9. The van der Waals surface area contributed by atoms with E-state index >= 15 is 0 Å². The smallest absolute Gasteiger partial charge is 0.328 e. The Morgan fingerprint density at radius 1 is 1.33 bits per heavy atom. The fourth-order valence-corrected chi connectivity index (χ4v) is 3.54. The number of anilines is 1. The average Bonchev–Trinajstić information content (AvgIpc) is 2.85. The van der Waals surface area contributed by atoms with Crippen molar-refractivity contribution >= 4 is 26.7 Å². The first-order valence-corrected chi connectivity index (χ1v) is 8.91. The second-order valence-corrected chi connectivity index (χ2v) is 7.36. The van der Waals surface area contributed by atoms with Gasteiger partial charge in [0, 0.05) is 23.7 Å². The van der Waals surface area contributed by atoms with Gasteiger partial charge in [0.15, 0.2) is 11.5 Å². The number of fused-ring (bicyclic) bond motifs is 1. The first kappa shape index (κ1) is 16.1. The second-order valence-electron chi connectivity index (χ2n) is 5.23. The Balaban J connectivity index is 2.18. The predicted molar refractivity (Wildman–Crippen MR) is 88.0 cm³/mol. The van der Waals surface area contributed by atoms with E-state index in [2.05, 4.69) is 24.9 Å². The minimum Gasteiger partial charge on any atom is -0.382 e. The Hall–Kier alpha value is -2.82. The highest BCUT2D eigenvalue weighted by atomic mass is 32.2. The number of aromatic nitrogens is 6. The van der Waals surface area contributed by atoms with Crippen LogP contribution in [-0.4, -0.2) is 39.4 Å². The lowest BCUT2D eigenvalue weighted by atomic mass is 10.3. The molecule has 0 aliphatic rings. The lowest BCUT2D eigenvalue weighted by Crippen LogP contribution is -2.18. The third-order valence-electron chi connectivity index (χ3n) is 3.37. The van der Waals surface area contributed by atoms with Gasteiger partial charge in [-0.3, -0.25) is 4.57 Å².